The SMILES string of the molecule is CCN(CC(=O)O)C1CCN(C(=O)COc2ccccc2Cl)CC1. The summed E-state index contributed by atoms with van der Waals surface area (Å²) in [5, 5.41) is 9.44. The fourth-order valence-electron chi connectivity index (χ4n) is 2.95. The van der Waals surface area contributed by atoms with E-state index in [1.54, 1.807) is 29.2 Å². The molecule has 1 aliphatic rings. The molecular weight excluding hydrogens is 332 g/mol. The number of rotatable bonds is 7. The standard InChI is InChI=1S/C17H23ClN2O4/c1-2-19(11-17(22)23)13-7-9-20(10-8-13)16(21)12-24-15-6-4-3-5-14(15)18/h3-6,13H,2,7-12H2,1H3,(H,22,23). The molecule has 1 heterocycles. The summed E-state index contributed by atoms with van der Waals surface area (Å²) in [7, 11) is 0. The largest absolute Gasteiger partial charge is 0.482 e. The molecule has 0 aliphatic carbocycles. The van der Waals surface area contributed by atoms with Crippen LogP contribution in [0.2, 0.25) is 5.02 Å². The van der Waals surface area contributed by atoms with Gasteiger partial charge in [-0.15, -0.1) is 0 Å². The average Bonchev–Trinajstić information content (AvgIpc) is 2.58. The van der Waals surface area contributed by atoms with E-state index in [1.165, 1.54) is 0 Å². The molecule has 0 radical (unpaired) electrons. The van der Waals surface area contributed by atoms with E-state index < -0.39 is 5.97 Å². The van der Waals surface area contributed by atoms with Crippen LogP contribution in [0.5, 0.6) is 5.75 Å². The summed E-state index contributed by atoms with van der Waals surface area (Å²) < 4.78 is 5.49. The number of likely N-dealkylation sites (N-methyl/N-ethyl adjacent to an activating group) is 1. The van der Waals surface area contributed by atoms with Crippen molar-refractivity contribution in [2.45, 2.75) is 25.8 Å². The number of carbonyl (C=O) groups excluding carboxylic acids is 1. The summed E-state index contributed by atoms with van der Waals surface area (Å²) in [5.41, 5.74) is 0. The minimum Gasteiger partial charge on any atom is -0.482 e. The number of aliphatic carboxylic acids is 1. The third kappa shape index (κ3) is 5.11. The van der Waals surface area contributed by atoms with Gasteiger partial charge in [-0.1, -0.05) is 30.7 Å². The van der Waals surface area contributed by atoms with Gasteiger partial charge in [-0.3, -0.25) is 14.5 Å². The fourth-order valence-corrected chi connectivity index (χ4v) is 3.14. The van der Waals surface area contributed by atoms with E-state index in [0.717, 1.165) is 12.8 Å². The number of likely N-dealkylation sites (tertiary alicyclic amines) is 1. The number of carbonyl (C=O) groups is 2. The van der Waals surface area contributed by atoms with Gasteiger partial charge in [0, 0.05) is 19.1 Å². The van der Waals surface area contributed by atoms with Crippen LogP contribution in [0.1, 0.15) is 19.8 Å². The molecule has 1 aliphatic heterocycles. The zero-order valence-electron chi connectivity index (χ0n) is 13.8. The number of hydrogen-bond acceptors (Lipinski definition) is 4. The van der Waals surface area contributed by atoms with E-state index in [-0.39, 0.29) is 25.1 Å². The molecule has 1 saturated heterocycles. The Bertz CT molecular complexity index is 573. The molecule has 0 spiro atoms. The van der Waals surface area contributed by atoms with Gasteiger partial charge in [-0.25, -0.2) is 0 Å². The second-order valence-corrected chi connectivity index (χ2v) is 6.20. The molecule has 1 amide bonds. The molecular formula is C17H23ClN2O4. The summed E-state index contributed by atoms with van der Waals surface area (Å²) in [6.45, 7) is 3.89. The predicted octanol–water partition coefficient (Wildman–Crippen LogP) is 2.12. The minimum atomic E-state index is -0.816. The van der Waals surface area contributed by atoms with E-state index in [2.05, 4.69) is 0 Å². The molecule has 0 unspecified atom stereocenters. The number of ether oxygens (including phenoxy) is 1. The Labute approximate surface area is 146 Å². The Kier molecular flexibility index (Phi) is 6.87. The maximum absolute atomic E-state index is 12.3. The second kappa shape index (κ2) is 8.89. The number of nitrogens with zero attached hydrogens (tertiary/aromatic N) is 2. The molecule has 7 heteroatoms. The lowest BCUT2D eigenvalue weighted by Gasteiger charge is -2.37. The Morgan fingerprint density at radius 2 is 2.00 bits per heavy atom. The van der Waals surface area contributed by atoms with E-state index in [9.17, 15) is 9.59 Å². The first-order valence-corrected chi connectivity index (χ1v) is 8.50. The van der Waals surface area contributed by atoms with E-state index in [4.69, 9.17) is 21.4 Å². The first-order chi connectivity index (χ1) is 11.5. The molecule has 1 aromatic rings. The van der Waals surface area contributed by atoms with Crippen LogP contribution in [-0.2, 0) is 9.59 Å². The minimum absolute atomic E-state index is 0.0407. The normalized spacial score (nSPS) is 15.5. The van der Waals surface area contributed by atoms with Crippen LogP contribution in [0.4, 0.5) is 0 Å². The van der Waals surface area contributed by atoms with Gasteiger partial charge in [0.15, 0.2) is 6.61 Å². The van der Waals surface area contributed by atoms with Crippen molar-refractivity contribution in [3.8, 4) is 5.75 Å². The van der Waals surface area contributed by atoms with Crippen LogP contribution in [-0.4, -0.2) is 65.6 Å². The van der Waals surface area contributed by atoms with Crippen molar-refractivity contribution in [1.82, 2.24) is 9.80 Å². The Morgan fingerprint density at radius 1 is 1.33 bits per heavy atom. The van der Waals surface area contributed by atoms with Crippen molar-refractivity contribution < 1.29 is 19.4 Å². The summed E-state index contributed by atoms with van der Waals surface area (Å²) >= 11 is 6.00. The first-order valence-electron chi connectivity index (χ1n) is 8.12. The van der Waals surface area contributed by atoms with Crippen molar-refractivity contribution in [1.29, 1.82) is 0 Å². The molecule has 0 aromatic heterocycles. The molecule has 24 heavy (non-hydrogen) atoms. The number of para-hydroxylation sites is 1. The molecule has 1 aromatic carbocycles. The van der Waals surface area contributed by atoms with Gasteiger partial charge in [0.25, 0.3) is 5.91 Å². The monoisotopic (exact) mass is 354 g/mol. The smallest absolute Gasteiger partial charge is 0.317 e. The van der Waals surface area contributed by atoms with Crippen LogP contribution in [0.25, 0.3) is 0 Å². The average molecular weight is 355 g/mol. The predicted molar refractivity (Wildman–Crippen MR) is 91.4 cm³/mol. The number of halogens is 1. The molecule has 6 nitrogen and oxygen atoms in total. The molecule has 0 bridgehead atoms. The van der Waals surface area contributed by atoms with Crippen LogP contribution in [0, 0.1) is 0 Å². The highest BCUT2D eigenvalue weighted by atomic mass is 35.5. The van der Waals surface area contributed by atoms with Gasteiger partial charge in [-0.05, 0) is 31.5 Å². The van der Waals surface area contributed by atoms with Crippen molar-refractivity contribution >= 4 is 23.5 Å². The van der Waals surface area contributed by atoms with Crippen molar-refractivity contribution in [3.63, 3.8) is 0 Å². The summed E-state index contributed by atoms with van der Waals surface area (Å²) in [5.74, 6) is -0.390. The zero-order chi connectivity index (χ0) is 17.5. The highest BCUT2D eigenvalue weighted by molar-refractivity contribution is 6.32. The molecule has 0 saturated carbocycles. The maximum Gasteiger partial charge on any atom is 0.317 e. The molecule has 0 atom stereocenters. The Balaban J connectivity index is 1.80. The Hall–Kier alpha value is -1.79. The van der Waals surface area contributed by atoms with Crippen LogP contribution in [0.15, 0.2) is 24.3 Å². The number of benzene rings is 1. The molecule has 1 N–H and O–H groups in total. The van der Waals surface area contributed by atoms with Crippen LogP contribution >= 0.6 is 11.6 Å². The summed E-state index contributed by atoms with van der Waals surface area (Å²) in [6, 6.07) is 7.26. The maximum atomic E-state index is 12.3. The van der Waals surface area contributed by atoms with Gasteiger partial charge in [0.05, 0.1) is 11.6 Å². The van der Waals surface area contributed by atoms with Gasteiger partial charge in [-0.2, -0.15) is 0 Å². The third-order valence-electron chi connectivity index (χ3n) is 4.27. The van der Waals surface area contributed by atoms with Crippen molar-refractivity contribution in [3.05, 3.63) is 29.3 Å². The molecule has 132 valence electrons. The number of hydrogen-bond donors (Lipinski definition) is 1. The van der Waals surface area contributed by atoms with Crippen molar-refractivity contribution in [2.24, 2.45) is 0 Å². The topological polar surface area (TPSA) is 70.1 Å². The number of piperidine rings is 1. The second-order valence-electron chi connectivity index (χ2n) is 5.79. The van der Waals surface area contributed by atoms with Gasteiger partial charge in [0.1, 0.15) is 5.75 Å². The lowest BCUT2D eigenvalue weighted by molar-refractivity contribution is -0.140. The first kappa shape index (κ1) is 18.5. The van der Waals surface area contributed by atoms with E-state index in [0.29, 0.717) is 30.4 Å². The Morgan fingerprint density at radius 3 is 2.58 bits per heavy atom. The summed E-state index contributed by atoms with van der Waals surface area (Å²) in [4.78, 5) is 26.9. The summed E-state index contributed by atoms with van der Waals surface area (Å²) in [6.07, 6.45) is 1.55. The van der Waals surface area contributed by atoms with Gasteiger partial charge in [0.2, 0.25) is 0 Å². The highest BCUT2D eigenvalue weighted by Gasteiger charge is 2.27. The number of carboxylic acid groups (broad SMARTS) is 1. The zero-order valence-corrected chi connectivity index (χ0v) is 14.5. The van der Waals surface area contributed by atoms with Crippen LogP contribution in [0.3, 0.4) is 0 Å². The third-order valence-corrected chi connectivity index (χ3v) is 4.58. The highest BCUT2D eigenvalue weighted by Crippen LogP contribution is 2.23. The van der Waals surface area contributed by atoms with Crippen LogP contribution < -0.4 is 4.74 Å². The number of amides is 1. The van der Waals surface area contributed by atoms with E-state index in [1.807, 2.05) is 11.8 Å². The number of carboxylic acids is 1. The lowest BCUT2D eigenvalue weighted by atomic mass is 10.0. The lowest BCUT2D eigenvalue weighted by Crippen LogP contribution is -2.49. The molecule has 2 rings (SSSR count). The fraction of sp³-hybridized carbons (Fsp3) is 0.529. The quantitative estimate of drug-likeness (QED) is 0.812. The van der Waals surface area contributed by atoms with Gasteiger partial charge < -0.3 is 14.7 Å². The van der Waals surface area contributed by atoms with Crippen molar-refractivity contribution in [2.75, 3.05) is 32.8 Å². The van der Waals surface area contributed by atoms with Gasteiger partial charge >= 0.3 is 5.97 Å². The van der Waals surface area contributed by atoms with E-state index >= 15 is 0 Å². The molecule has 1 fully saturated rings.